The van der Waals surface area contributed by atoms with Crippen LogP contribution in [-0.4, -0.2) is 38.9 Å². The second kappa shape index (κ2) is 11.0. The van der Waals surface area contributed by atoms with Gasteiger partial charge in [0.2, 0.25) is 0 Å². The topological polar surface area (TPSA) is 80.9 Å². The molecule has 0 fully saturated rings. The standard InChI is InChI=1S/C19H28N4O3.HI/c1-12(17-11-15(24-5)7-8-18(17)25-6)22-19(20-4)21-10-9-16-13(2)23-26-14(16)3;/h7-8,11-12H,9-10H2,1-6H3,(H2,20,21,22);1H. The Bertz CT molecular complexity index is 742. The van der Waals surface area contributed by atoms with Crippen molar-refractivity contribution in [2.75, 3.05) is 27.8 Å². The molecule has 0 aliphatic heterocycles. The summed E-state index contributed by atoms with van der Waals surface area (Å²) in [4.78, 5) is 4.30. The molecule has 8 heteroatoms. The lowest BCUT2D eigenvalue weighted by atomic mass is 10.1. The highest BCUT2D eigenvalue weighted by Crippen LogP contribution is 2.29. The number of hydrogen-bond donors (Lipinski definition) is 2. The minimum Gasteiger partial charge on any atom is -0.497 e. The van der Waals surface area contributed by atoms with Crippen LogP contribution in [0.3, 0.4) is 0 Å². The van der Waals surface area contributed by atoms with E-state index in [-0.39, 0.29) is 30.0 Å². The maximum absolute atomic E-state index is 5.46. The zero-order valence-corrected chi connectivity index (χ0v) is 19.1. The van der Waals surface area contributed by atoms with E-state index in [1.165, 1.54) is 0 Å². The van der Waals surface area contributed by atoms with Crippen LogP contribution in [-0.2, 0) is 6.42 Å². The van der Waals surface area contributed by atoms with Crippen molar-refractivity contribution in [3.05, 3.63) is 40.8 Å². The molecule has 0 spiro atoms. The van der Waals surface area contributed by atoms with Crippen LogP contribution >= 0.6 is 24.0 Å². The highest BCUT2D eigenvalue weighted by molar-refractivity contribution is 14.0. The Morgan fingerprint density at radius 1 is 1.26 bits per heavy atom. The van der Waals surface area contributed by atoms with Gasteiger partial charge in [-0.05, 0) is 45.4 Å². The Morgan fingerprint density at radius 3 is 2.56 bits per heavy atom. The number of aryl methyl sites for hydroxylation is 2. The van der Waals surface area contributed by atoms with Crippen LogP contribution in [0.15, 0.2) is 27.7 Å². The van der Waals surface area contributed by atoms with E-state index in [1.807, 2.05) is 32.0 Å². The molecule has 0 aliphatic rings. The molecule has 0 amide bonds. The molecule has 7 nitrogen and oxygen atoms in total. The number of aliphatic imine (C=N–C) groups is 1. The fraction of sp³-hybridized carbons (Fsp3) is 0.474. The second-order valence-electron chi connectivity index (χ2n) is 6.03. The fourth-order valence-corrected chi connectivity index (χ4v) is 2.82. The van der Waals surface area contributed by atoms with Gasteiger partial charge in [-0.15, -0.1) is 24.0 Å². The Hall–Kier alpha value is -1.97. The summed E-state index contributed by atoms with van der Waals surface area (Å²) in [6, 6.07) is 5.74. The Morgan fingerprint density at radius 2 is 2.00 bits per heavy atom. The lowest BCUT2D eigenvalue weighted by molar-refractivity contribution is 0.392. The van der Waals surface area contributed by atoms with E-state index >= 15 is 0 Å². The Balaban J connectivity index is 0.00000364. The van der Waals surface area contributed by atoms with Gasteiger partial charge in [-0.2, -0.15) is 0 Å². The van der Waals surface area contributed by atoms with Gasteiger partial charge in [-0.25, -0.2) is 0 Å². The third-order valence-corrected chi connectivity index (χ3v) is 4.33. The SMILES string of the molecule is CN=C(NCCc1c(C)noc1C)NC(C)c1cc(OC)ccc1OC.I. The van der Waals surface area contributed by atoms with Gasteiger partial charge >= 0.3 is 0 Å². The van der Waals surface area contributed by atoms with E-state index in [9.17, 15) is 0 Å². The summed E-state index contributed by atoms with van der Waals surface area (Å²) in [5, 5.41) is 10.7. The molecule has 2 rings (SSSR count). The summed E-state index contributed by atoms with van der Waals surface area (Å²) in [7, 11) is 5.06. The van der Waals surface area contributed by atoms with Crippen LogP contribution in [0, 0.1) is 13.8 Å². The lowest BCUT2D eigenvalue weighted by Crippen LogP contribution is -2.39. The quantitative estimate of drug-likeness (QED) is 0.354. The van der Waals surface area contributed by atoms with Crippen molar-refractivity contribution >= 4 is 29.9 Å². The third kappa shape index (κ3) is 6.02. The number of aromatic nitrogens is 1. The Labute approximate surface area is 177 Å². The number of hydrogen-bond acceptors (Lipinski definition) is 5. The smallest absolute Gasteiger partial charge is 0.191 e. The average molecular weight is 488 g/mol. The summed E-state index contributed by atoms with van der Waals surface area (Å²) < 4.78 is 16.0. The molecular formula is C19H29IN4O3. The van der Waals surface area contributed by atoms with Gasteiger partial charge in [-0.1, -0.05) is 5.16 Å². The minimum atomic E-state index is -0.00897. The second-order valence-corrected chi connectivity index (χ2v) is 6.03. The fourth-order valence-electron chi connectivity index (χ4n) is 2.82. The molecule has 1 aromatic carbocycles. The van der Waals surface area contributed by atoms with Gasteiger partial charge < -0.3 is 24.6 Å². The summed E-state index contributed by atoms with van der Waals surface area (Å²) in [6.07, 6.45) is 0.818. The van der Waals surface area contributed by atoms with Crippen LogP contribution in [0.2, 0.25) is 0 Å². The Kier molecular flexibility index (Phi) is 9.40. The lowest BCUT2D eigenvalue weighted by Gasteiger charge is -2.20. The van der Waals surface area contributed by atoms with Gasteiger partial charge in [0, 0.05) is 24.7 Å². The molecule has 1 unspecified atom stereocenters. The number of rotatable bonds is 7. The minimum absolute atomic E-state index is 0. The van der Waals surface area contributed by atoms with Crippen LogP contribution in [0.4, 0.5) is 0 Å². The van der Waals surface area contributed by atoms with Crippen LogP contribution in [0.25, 0.3) is 0 Å². The molecule has 0 bridgehead atoms. The van der Waals surface area contributed by atoms with E-state index < -0.39 is 0 Å². The molecule has 150 valence electrons. The van der Waals surface area contributed by atoms with E-state index in [4.69, 9.17) is 14.0 Å². The van der Waals surface area contributed by atoms with Crippen molar-refractivity contribution in [1.82, 2.24) is 15.8 Å². The molecule has 1 heterocycles. The maximum Gasteiger partial charge on any atom is 0.191 e. The molecule has 2 aromatic rings. The third-order valence-electron chi connectivity index (χ3n) is 4.33. The van der Waals surface area contributed by atoms with Crippen LogP contribution < -0.4 is 20.1 Å². The van der Waals surface area contributed by atoms with Gasteiger partial charge in [0.25, 0.3) is 0 Å². The first-order chi connectivity index (χ1) is 12.5. The van der Waals surface area contributed by atoms with Crippen LogP contribution in [0.5, 0.6) is 11.5 Å². The number of ether oxygens (including phenoxy) is 2. The van der Waals surface area contributed by atoms with E-state index in [0.29, 0.717) is 5.96 Å². The number of methoxy groups -OCH3 is 2. The van der Waals surface area contributed by atoms with Crippen molar-refractivity contribution in [3.63, 3.8) is 0 Å². The van der Waals surface area contributed by atoms with Gasteiger partial charge in [0.15, 0.2) is 5.96 Å². The number of nitrogens with one attached hydrogen (secondary N) is 2. The normalized spacial score (nSPS) is 12.1. The molecule has 1 aromatic heterocycles. The van der Waals surface area contributed by atoms with Crippen molar-refractivity contribution in [2.24, 2.45) is 4.99 Å². The van der Waals surface area contributed by atoms with Crippen LogP contribution in [0.1, 0.15) is 35.5 Å². The first-order valence-corrected chi connectivity index (χ1v) is 8.61. The number of guanidine groups is 1. The molecular weight excluding hydrogens is 459 g/mol. The van der Waals surface area contributed by atoms with E-state index in [2.05, 4.69) is 27.7 Å². The first-order valence-electron chi connectivity index (χ1n) is 8.61. The molecule has 2 N–H and O–H groups in total. The highest BCUT2D eigenvalue weighted by Gasteiger charge is 2.15. The van der Waals surface area contributed by atoms with Crippen molar-refractivity contribution in [1.29, 1.82) is 0 Å². The summed E-state index contributed by atoms with van der Waals surface area (Å²) in [5.74, 6) is 3.17. The number of nitrogens with zero attached hydrogens (tertiary/aromatic N) is 2. The monoisotopic (exact) mass is 488 g/mol. The molecule has 0 aliphatic carbocycles. The highest BCUT2D eigenvalue weighted by atomic mass is 127. The molecule has 1 atom stereocenters. The predicted octanol–water partition coefficient (Wildman–Crippen LogP) is 3.40. The summed E-state index contributed by atoms with van der Waals surface area (Å²) >= 11 is 0. The van der Waals surface area contributed by atoms with Crippen molar-refractivity contribution < 1.29 is 14.0 Å². The average Bonchev–Trinajstić information content (AvgIpc) is 2.98. The van der Waals surface area contributed by atoms with Gasteiger partial charge in [0.05, 0.1) is 26.0 Å². The van der Waals surface area contributed by atoms with Crippen molar-refractivity contribution in [2.45, 2.75) is 33.2 Å². The van der Waals surface area contributed by atoms with Gasteiger partial charge in [-0.3, -0.25) is 4.99 Å². The number of halogens is 1. The maximum atomic E-state index is 5.46. The largest absolute Gasteiger partial charge is 0.497 e. The predicted molar refractivity (Wildman–Crippen MR) is 118 cm³/mol. The van der Waals surface area contributed by atoms with Crippen molar-refractivity contribution in [3.8, 4) is 11.5 Å². The van der Waals surface area contributed by atoms with E-state index in [1.54, 1.807) is 21.3 Å². The molecule has 0 saturated heterocycles. The molecule has 27 heavy (non-hydrogen) atoms. The zero-order chi connectivity index (χ0) is 19.1. The molecule has 0 radical (unpaired) electrons. The first kappa shape index (κ1) is 23.1. The van der Waals surface area contributed by atoms with Gasteiger partial charge in [0.1, 0.15) is 17.3 Å². The zero-order valence-electron chi connectivity index (χ0n) is 16.8. The summed E-state index contributed by atoms with van der Waals surface area (Å²) in [6.45, 7) is 6.67. The number of benzene rings is 1. The summed E-state index contributed by atoms with van der Waals surface area (Å²) in [5.41, 5.74) is 3.07. The van der Waals surface area contributed by atoms with E-state index in [0.717, 1.165) is 47.0 Å². The molecule has 0 saturated carbocycles.